The molecule has 1 amide bonds. The van der Waals surface area contributed by atoms with E-state index in [2.05, 4.69) is 10.3 Å². The van der Waals surface area contributed by atoms with Gasteiger partial charge in [0.05, 0.1) is 11.0 Å². The van der Waals surface area contributed by atoms with E-state index in [1.165, 1.54) is 0 Å². The number of rotatable bonds is 3. The number of carbonyl (C=O) groups is 1. The smallest absolute Gasteiger partial charge is 0.247 e. The van der Waals surface area contributed by atoms with E-state index in [0.717, 1.165) is 16.7 Å². The Bertz CT molecular complexity index is 779. The third-order valence-corrected chi connectivity index (χ3v) is 3.43. The molecular weight excluding hydrogens is 264 g/mol. The Balaban J connectivity index is 1.91. The summed E-state index contributed by atoms with van der Waals surface area (Å²) in [5.41, 5.74) is 8.36. The van der Waals surface area contributed by atoms with Gasteiger partial charge in [-0.25, -0.2) is 4.98 Å². The van der Waals surface area contributed by atoms with E-state index in [1.54, 1.807) is 4.57 Å². The first-order valence-corrected chi connectivity index (χ1v) is 6.75. The van der Waals surface area contributed by atoms with E-state index in [4.69, 9.17) is 5.73 Å². The first-order valence-electron chi connectivity index (χ1n) is 6.75. The van der Waals surface area contributed by atoms with Gasteiger partial charge in [-0.1, -0.05) is 30.3 Å². The van der Waals surface area contributed by atoms with Crippen LogP contribution in [0.3, 0.4) is 0 Å². The number of aromatic nitrogens is 2. The Morgan fingerprint density at radius 3 is 2.57 bits per heavy atom. The summed E-state index contributed by atoms with van der Waals surface area (Å²) < 4.78 is 1.74. The van der Waals surface area contributed by atoms with Gasteiger partial charge < -0.3 is 11.1 Å². The Morgan fingerprint density at radius 1 is 1.14 bits per heavy atom. The molecule has 3 rings (SSSR count). The zero-order valence-electron chi connectivity index (χ0n) is 11.7. The maximum atomic E-state index is 12.4. The molecule has 3 N–H and O–H groups in total. The topological polar surface area (TPSA) is 72.9 Å². The minimum atomic E-state index is -0.447. The number of amides is 1. The molecule has 0 aliphatic heterocycles. The van der Waals surface area contributed by atoms with E-state index in [0.29, 0.717) is 5.95 Å². The molecule has 0 saturated heterocycles. The predicted molar refractivity (Wildman–Crippen MR) is 83.9 cm³/mol. The van der Waals surface area contributed by atoms with Crippen LogP contribution in [0.15, 0.2) is 54.6 Å². The summed E-state index contributed by atoms with van der Waals surface area (Å²) in [5, 5.41) is 2.88. The van der Waals surface area contributed by atoms with Gasteiger partial charge in [-0.2, -0.15) is 0 Å². The Morgan fingerprint density at radius 2 is 1.81 bits per heavy atom. The fourth-order valence-electron chi connectivity index (χ4n) is 2.36. The largest absolute Gasteiger partial charge is 0.369 e. The standard InChI is InChI=1S/C16H16N4O/c1-11(15(21)18-12-7-3-2-4-8-12)20-14-10-6-5-9-13(14)19-16(20)17/h2-11H,1H3,(H2,17,19)(H,18,21). The number of nitrogens with one attached hydrogen (secondary N) is 1. The average Bonchev–Trinajstić information content (AvgIpc) is 2.83. The summed E-state index contributed by atoms with van der Waals surface area (Å²) in [4.78, 5) is 16.7. The minimum Gasteiger partial charge on any atom is -0.369 e. The average molecular weight is 280 g/mol. The molecule has 1 atom stereocenters. The van der Waals surface area contributed by atoms with Gasteiger partial charge >= 0.3 is 0 Å². The van der Waals surface area contributed by atoms with Crippen molar-refractivity contribution in [2.24, 2.45) is 0 Å². The highest BCUT2D eigenvalue weighted by molar-refractivity contribution is 5.95. The minimum absolute atomic E-state index is 0.129. The lowest BCUT2D eigenvalue weighted by molar-refractivity contribution is -0.118. The lowest BCUT2D eigenvalue weighted by atomic mass is 10.2. The van der Waals surface area contributed by atoms with Crippen molar-refractivity contribution in [1.29, 1.82) is 0 Å². The summed E-state index contributed by atoms with van der Waals surface area (Å²) in [6, 6.07) is 16.5. The van der Waals surface area contributed by atoms with Crippen LogP contribution in [-0.4, -0.2) is 15.5 Å². The fraction of sp³-hybridized carbons (Fsp3) is 0.125. The molecule has 1 aromatic heterocycles. The summed E-state index contributed by atoms with van der Waals surface area (Å²) in [7, 11) is 0. The molecule has 0 fully saturated rings. The summed E-state index contributed by atoms with van der Waals surface area (Å²) >= 11 is 0. The maximum Gasteiger partial charge on any atom is 0.247 e. The van der Waals surface area contributed by atoms with Gasteiger partial charge in [0.15, 0.2) is 0 Å². The molecule has 5 heteroatoms. The van der Waals surface area contributed by atoms with Crippen LogP contribution in [-0.2, 0) is 4.79 Å². The van der Waals surface area contributed by atoms with E-state index < -0.39 is 6.04 Å². The lowest BCUT2D eigenvalue weighted by Crippen LogP contribution is -2.24. The molecule has 0 saturated carbocycles. The van der Waals surface area contributed by atoms with Crippen LogP contribution in [0.4, 0.5) is 11.6 Å². The highest BCUT2D eigenvalue weighted by Crippen LogP contribution is 2.23. The van der Waals surface area contributed by atoms with Crippen LogP contribution in [0.25, 0.3) is 11.0 Å². The first kappa shape index (κ1) is 13.2. The third-order valence-electron chi connectivity index (χ3n) is 3.43. The Hall–Kier alpha value is -2.82. The van der Waals surface area contributed by atoms with Crippen molar-refractivity contribution in [2.75, 3.05) is 11.1 Å². The maximum absolute atomic E-state index is 12.4. The van der Waals surface area contributed by atoms with Crippen molar-refractivity contribution >= 4 is 28.6 Å². The van der Waals surface area contributed by atoms with E-state index in [1.807, 2.05) is 61.5 Å². The van der Waals surface area contributed by atoms with Crippen LogP contribution in [0.2, 0.25) is 0 Å². The van der Waals surface area contributed by atoms with Crippen molar-refractivity contribution < 1.29 is 4.79 Å². The van der Waals surface area contributed by atoms with Gasteiger partial charge in [-0.3, -0.25) is 9.36 Å². The van der Waals surface area contributed by atoms with Crippen LogP contribution in [0, 0.1) is 0 Å². The zero-order valence-corrected chi connectivity index (χ0v) is 11.7. The molecule has 0 aliphatic rings. The number of imidazole rings is 1. The van der Waals surface area contributed by atoms with Gasteiger partial charge in [-0.15, -0.1) is 0 Å². The monoisotopic (exact) mass is 280 g/mol. The van der Waals surface area contributed by atoms with Crippen molar-refractivity contribution in [3.63, 3.8) is 0 Å². The second-order valence-electron chi connectivity index (χ2n) is 4.86. The fourth-order valence-corrected chi connectivity index (χ4v) is 2.36. The molecule has 2 aromatic carbocycles. The second kappa shape index (κ2) is 5.28. The van der Waals surface area contributed by atoms with Crippen molar-refractivity contribution in [2.45, 2.75) is 13.0 Å². The number of nitrogens with zero attached hydrogens (tertiary/aromatic N) is 2. The van der Waals surface area contributed by atoms with Crippen molar-refractivity contribution in [1.82, 2.24) is 9.55 Å². The van der Waals surface area contributed by atoms with E-state index in [9.17, 15) is 4.79 Å². The second-order valence-corrected chi connectivity index (χ2v) is 4.86. The van der Waals surface area contributed by atoms with Gasteiger partial charge in [0.2, 0.25) is 11.9 Å². The number of carbonyl (C=O) groups excluding carboxylic acids is 1. The van der Waals surface area contributed by atoms with Gasteiger partial charge in [0.1, 0.15) is 6.04 Å². The SMILES string of the molecule is CC(C(=O)Nc1ccccc1)n1c(N)nc2ccccc21. The quantitative estimate of drug-likeness (QED) is 0.774. The zero-order chi connectivity index (χ0) is 14.8. The molecule has 21 heavy (non-hydrogen) atoms. The molecule has 0 aliphatic carbocycles. The number of nitrogens with two attached hydrogens (primary N) is 1. The summed E-state index contributed by atoms with van der Waals surface area (Å²) in [6.07, 6.45) is 0. The molecular formula is C16H16N4O. The number of benzene rings is 2. The highest BCUT2D eigenvalue weighted by atomic mass is 16.2. The molecule has 106 valence electrons. The van der Waals surface area contributed by atoms with Gasteiger partial charge in [-0.05, 0) is 31.2 Å². The molecule has 5 nitrogen and oxygen atoms in total. The van der Waals surface area contributed by atoms with E-state index in [-0.39, 0.29) is 5.91 Å². The van der Waals surface area contributed by atoms with Gasteiger partial charge in [0.25, 0.3) is 0 Å². The van der Waals surface area contributed by atoms with Crippen molar-refractivity contribution in [3.05, 3.63) is 54.6 Å². The number of hydrogen-bond donors (Lipinski definition) is 2. The third kappa shape index (κ3) is 2.45. The summed E-state index contributed by atoms with van der Waals surface area (Å²) in [6.45, 7) is 1.81. The molecule has 0 spiro atoms. The van der Waals surface area contributed by atoms with Crippen molar-refractivity contribution in [3.8, 4) is 0 Å². The number of fused-ring (bicyclic) bond motifs is 1. The normalized spacial score (nSPS) is 12.2. The molecule has 3 aromatic rings. The Kier molecular flexibility index (Phi) is 3.31. The van der Waals surface area contributed by atoms with E-state index >= 15 is 0 Å². The molecule has 1 heterocycles. The number of nitrogen functional groups attached to an aromatic ring is 1. The number of para-hydroxylation sites is 3. The van der Waals surface area contributed by atoms with Crippen LogP contribution >= 0.6 is 0 Å². The highest BCUT2D eigenvalue weighted by Gasteiger charge is 2.20. The molecule has 1 unspecified atom stereocenters. The van der Waals surface area contributed by atoms with Crippen LogP contribution in [0.1, 0.15) is 13.0 Å². The summed E-state index contributed by atoms with van der Waals surface area (Å²) in [5.74, 6) is 0.211. The van der Waals surface area contributed by atoms with Crippen LogP contribution in [0.5, 0.6) is 0 Å². The number of hydrogen-bond acceptors (Lipinski definition) is 3. The molecule has 0 radical (unpaired) electrons. The van der Waals surface area contributed by atoms with Gasteiger partial charge in [0, 0.05) is 5.69 Å². The number of anilines is 2. The Labute approximate surface area is 122 Å². The lowest BCUT2D eigenvalue weighted by Gasteiger charge is -2.16. The predicted octanol–water partition coefficient (Wildman–Crippen LogP) is 2.82. The first-order chi connectivity index (χ1) is 10.2. The van der Waals surface area contributed by atoms with Crippen LogP contribution < -0.4 is 11.1 Å². The molecule has 0 bridgehead atoms.